The first-order valence-electron chi connectivity index (χ1n) is 11.1. The van der Waals surface area contributed by atoms with Gasteiger partial charge in [0.2, 0.25) is 0 Å². The van der Waals surface area contributed by atoms with Gasteiger partial charge in [-0.25, -0.2) is 0 Å². The molecule has 0 aromatic carbocycles. The van der Waals surface area contributed by atoms with Crippen molar-refractivity contribution in [2.45, 2.75) is 116 Å². The number of carbonyl (C=O) groups excluding carboxylic acids is 1. The first-order chi connectivity index (χ1) is 12.9. The lowest BCUT2D eigenvalue weighted by Gasteiger charge is -2.09. The van der Waals surface area contributed by atoms with Crippen molar-refractivity contribution in [2.24, 2.45) is 11.7 Å². The fourth-order valence-corrected chi connectivity index (χ4v) is 3.15. The lowest BCUT2D eigenvalue weighted by molar-refractivity contribution is -0.149. The number of esters is 1. The van der Waals surface area contributed by atoms with E-state index in [0.29, 0.717) is 6.61 Å². The Morgan fingerprint density at radius 2 is 1.19 bits per heavy atom. The molecule has 3 N–H and O–H groups in total. The highest BCUT2D eigenvalue weighted by atomic mass is 16.5. The quantitative estimate of drug-likeness (QED) is 0.228. The van der Waals surface area contributed by atoms with Gasteiger partial charge >= 0.3 is 11.9 Å². The Balaban J connectivity index is 3.21. The molecule has 0 aliphatic rings. The number of aliphatic carboxylic acids is 1. The number of unbranched alkanes of at least 4 members (excludes halogenated alkanes) is 12. The van der Waals surface area contributed by atoms with Crippen LogP contribution in [0, 0.1) is 5.92 Å². The van der Waals surface area contributed by atoms with Crippen LogP contribution >= 0.6 is 0 Å². The van der Waals surface area contributed by atoms with Crippen molar-refractivity contribution in [2.75, 3.05) is 6.61 Å². The second-order valence-corrected chi connectivity index (χ2v) is 8.15. The number of carboxylic acids is 1. The first kappa shape index (κ1) is 25.9. The summed E-state index contributed by atoms with van der Waals surface area (Å²) in [7, 11) is 0. The predicted molar refractivity (Wildman–Crippen MR) is 111 cm³/mol. The Labute approximate surface area is 166 Å². The molecule has 0 fully saturated rings. The van der Waals surface area contributed by atoms with Gasteiger partial charge in [0.25, 0.3) is 0 Å². The van der Waals surface area contributed by atoms with Gasteiger partial charge in [-0.05, 0) is 12.3 Å². The van der Waals surface area contributed by atoms with E-state index in [0.717, 1.165) is 25.2 Å². The molecule has 0 unspecified atom stereocenters. The van der Waals surface area contributed by atoms with Gasteiger partial charge in [-0.3, -0.25) is 9.59 Å². The largest absolute Gasteiger partial charge is 0.481 e. The Kier molecular flexibility index (Phi) is 17.5. The average Bonchev–Trinajstić information content (AvgIpc) is 2.60. The molecule has 0 aromatic heterocycles. The minimum atomic E-state index is -1.08. The van der Waals surface area contributed by atoms with Crippen LogP contribution in [0.1, 0.15) is 110 Å². The predicted octanol–water partition coefficient (Wildman–Crippen LogP) is 5.45. The Morgan fingerprint density at radius 1 is 0.778 bits per heavy atom. The smallest absolute Gasteiger partial charge is 0.323 e. The van der Waals surface area contributed by atoms with Crippen LogP contribution in [0.25, 0.3) is 0 Å². The SMILES string of the molecule is CC(C)CCCCCCCCCCCCCCCOC(=O)[C@@H](N)CC(=O)O. The van der Waals surface area contributed by atoms with Crippen LogP contribution in [-0.2, 0) is 14.3 Å². The number of hydrogen-bond acceptors (Lipinski definition) is 4. The number of nitrogens with two attached hydrogens (primary N) is 1. The molecule has 160 valence electrons. The summed E-state index contributed by atoms with van der Waals surface area (Å²) in [5.74, 6) is -0.847. The van der Waals surface area contributed by atoms with Crippen LogP contribution in [0.5, 0.6) is 0 Å². The minimum absolute atomic E-state index is 0.337. The van der Waals surface area contributed by atoms with Gasteiger partial charge in [0.15, 0.2) is 0 Å². The number of ether oxygens (including phenoxy) is 1. The van der Waals surface area contributed by atoms with Crippen molar-refractivity contribution in [3.8, 4) is 0 Å². The standard InChI is InChI=1S/C22H43NO4/c1-19(2)16-14-12-10-8-6-4-3-5-7-9-11-13-15-17-27-22(26)20(23)18-21(24)25/h19-20H,3-18,23H2,1-2H3,(H,24,25)/t20-/m0/s1. The molecule has 0 aromatic rings. The first-order valence-corrected chi connectivity index (χ1v) is 11.1. The molecule has 0 spiro atoms. The lowest BCUT2D eigenvalue weighted by atomic mass is 10.0. The normalized spacial score (nSPS) is 12.3. The van der Waals surface area contributed by atoms with Gasteiger partial charge in [-0.2, -0.15) is 0 Å². The van der Waals surface area contributed by atoms with Crippen molar-refractivity contribution >= 4 is 11.9 Å². The molecule has 0 amide bonds. The maximum absolute atomic E-state index is 11.4. The molecule has 0 radical (unpaired) electrons. The number of rotatable bonds is 19. The van der Waals surface area contributed by atoms with E-state index in [1.165, 1.54) is 70.6 Å². The Hall–Kier alpha value is -1.10. The van der Waals surface area contributed by atoms with Crippen LogP contribution in [-0.4, -0.2) is 29.7 Å². The second kappa shape index (κ2) is 18.3. The van der Waals surface area contributed by atoms with E-state index in [1.807, 2.05) is 0 Å². The molecule has 0 aliphatic carbocycles. The molecule has 0 saturated heterocycles. The van der Waals surface area contributed by atoms with Crippen molar-refractivity contribution < 1.29 is 19.4 Å². The molecular formula is C22H43NO4. The van der Waals surface area contributed by atoms with E-state index in [9.17, 15) is 9.59 Å². The third-order valence-electron chi connectivity index (χ3n) is 4.87. The topological polar surface area (TPSA) is 89.6 Å². The summed E-state index contributed by atoms with van der Waals surface area (Å²) < 4.78 is 5.00. The maximum atomic E-state index is 11.4. The van der Waals surface area contributed by atoms with Crippen molar-refractivity contribution in [3.63, 3.8) is 0 Å². The zero-order valence-corrected chi connectivity index (χ0v) is 17.7. The van der Waals surface area contributed by atoms with Crippen molar-refractivity contribution in [3.05, 3.63) is 0 Å². The molecule has 5 heteroatoms. The summed E-state index contributed by atoms with van der Waals surface area (Å²) in [4.78, 5) is 21.9. The van der Waals surface area contributed by atoms with Gasteiger partial charge < -0.3 is 15.6 Å². The van der Waals surface area contributed by atoms with Crippen LogP contribution in [0.4, 0.5) is 0 Å². The van der Waals surface area contributed by atoms with E-state index in [2.05, 4.69) is 13.8 Å². The third kappa shape index (κ3) is 19.5. The van der Waals surface area contributed by atoms with E-state index < -0.39 is 18.0 Å². The summed E-state index contributed by atoms with van der Waals surface area (Å²) in [6, 6.07) is -1.05. The van der Waals surface area contributed by atoms with Crippen LogP contribution in [0.15, 0.2) is 0 Å². The van der Waals surface area contributed by atoms with Gasteiger partial charge in [-0.1, -0.05) is 97.3 Å². The highest BCUT2D eigenvalue weighted by molar-refractivity contribution is 5.81. The second-order valence-electron chi connectivity index (χ2n) is 8.15. The molecule has 0 bridgehead atoms. The van der Waals surface area contributed by atoms with Crippen molar-refractivity contribution in [1.29, 1.82) is 0 Å². The fraction of sp³-hybridized carbons (Fsp3) is 0.909. The lowest BCUT2D eigenvalue weighted by Crippen LogP contribution is -2.34. The van der Waals surface area contributed by atoms with Gasteiger partial charge in [0.1, 0.15) is 6.04 Å². The molecule has 0 saturated carbocycles. The summed E-state index contributed by atoms with van der Waals surface area (Å²) in [5.41, 5.74) is 5.43. The maximum Gasteiger partial charge on any atom is 0.323 e. The summed E-state index contributed by atoms with van der Waals surface area (Å²) in [6.07, 6.45) is 17.6. The number of hydrogen-bond donors (Lipinski definition) is 2. The Bertz CT molecular complexity index is 371. The highest BCUT2D eigenvalue weighted by Crippen LogP contribution is 2.14. The molecular weight excluding hydrogens is 342 g/mol. The monoisotopic (exact) mass is 385 g/mol. The number of carbonyl (C=O) groups is 2. The van der Waals surface area contributed by atoms with Gasteiger partial charge in [0.05, 0.1) is 13.0 Å². The molecule has 0 heterocycles. The molecule has 0 rings (SSSR count). The van der Waals surface area contributed by atoms with Crippen LogP contribution < -0.4 is 5.73 Å². The zero-order chi connectivity index (χ0) is 20.3. The minimum Gasteiger partial charge on any atom is -0.481 e. The van der Waals surface area contributed by atoms with Crippen molar-refractivity contribution in [1.82, 2.24) is 0 Å². The molecule has 5 nitrogen and oxygen atoms in total. The van der Waals surface area contributed by atoms with Gasteiger partial charge in [0, 0.05) is 0 Å². The average molecular weight is 386 g/mol. The molecule has 1 atom stereocenters. The summed E-state index contributed by atoms with van der Waals surface area (Å²) in [6.45, 7) is 4.94. The molecule has 27 heavy (non-hydrogen) atoms. The third-order valence-corrected chi connectivity index (χ3v) is 4.87. The summed E-state index contributed by atoms with van der Waals surface area (Å²) >= 11 is 0. The van der Waals surface area contributed by atoms with E-state index >= 15 is 0 Å². The summed E-state index contributed by atoms with van der Waals surface area (Å²) in [5, 5.41) is 8.57. The van der Waals surface area contributed by atoms with E-state index in [-0.39, 0.29) is 6.42 Å². The Morgan fingerprint density at radius 3 is 1.59 bits per heavy atom. The van der Waals surface area contributed by atoms with Crippen LogP contribution in [0.3, 0.4) is 0 Å². The van der Waals surface area contributed by atoms with Crippen LogP contribution in [0.2, 0.25) is 0 Å². The van der Waals surface area contributed by atoms with E-state index in [1.54, 1.807) is 0 Å². The fourth-order valence-electron chi connectivity index (χ4n) is 3.15. The molecule has 0 aliphatic heterocycles. The van der Waals surface area contributed by atoms with E-state index in [4.69, 9.17) is 15.6 Å². The zero-order valence-electron chi connectivity index (χ0n) is 17.7. The van der Waals surface area contributed by atoms with Gasteiger partial charge in [-0.15, -0.1) is 0 Å². The highest BCUT2D eigenvalue weighted by Gasteiger charge is 2.17. The number of carboxylic acid groups (broad SMARTS) is 1.